The number of nitrogens with zero attached hydrogens (tertiary/aromatic N) is 1. The highest BCUT2D eigenvalue weighted by Gasteiger charge is 2.36. The third-order valence-electron chi connectivity index (χ3n) is 4.86. The second-order valence-electron chi connectivity index (χ2n) is 5.93. The standard InChI is InChI=1S/C17H26N2O/c1-3-20-14-8-10-19(11-9-14)16-12-13-6-4-5-7-15(13)17(16)18-2/h4-7,14,16-18H,3,8-12H2,1-2H3. The summed E-state index contributed by atoms with van der Waals surface area (Å²) >= 11 is 0. The summed E-state index contributed by atoms with van der Waals surface area (Å²) in [6, 6.07) is 9.98. The van der Waals surface area contributed by atoms with Gasteiger partial charge in [0.15, 0.2) is 0 Å². The molecule has 1 N–H and O–H groups in total. The number of hydrogen-bond donors (Lipinski definition) is 1. The number of hydrogen-bond acceptors (Lipinski definition) is 3. The predicted octanol–water partition coefficient (Wildman–Crippen LogP) is 2.37. The van der Waals surface area contributed by atoms with E-state index in [0.29, 0.717) is 18.2 Å². The molecule has 1 aromatic rings. The number of fused-ring (bicyclic) bond motifs is 1. The molecule has 0 amide bonds. The van der Waals surface area contributed by atoms with Crippen LogP contribution in [-0.2, 0) is 11.2 Å². The van der Waals surface area contributed by atoms with Gasteiger partial charge in [-0.1, -0.05) is 24.3 Å². The molecule has 0 radical (unpaired) electrons. The molecule has 1 aromatic carbocycles. The fourth-order valence-corrected chi connectivity index (χ4v) is 3.87. The fourth-order valence-electron chi connectivity index (χ4n) is 3.87. The zero-order chi connectivity index (χ0) is 13.9. The minimum atomic E-state index is 0.480. The van der Waals surface area contributed by atoms with Gasteiger partial charge >= 0.3 is 0 Å². The lowest BCUT2D eigenvalue weighted by Gasteiger charge is -2.38. The second kappa shape index (κ2) is 6.25. The van der Waals surface area contributed by atoms with Crippen molar-refractivity contribution in [3.63, 3.8) is 0 Å². The van der Waals surface area contributed by atoms with Crippen LogP contribution in [0.3, 0.4) is 0 Å². The molecule has 0 saturated carbocycles. The first-order chi connectivity index (χ1) is 9.83. The Morgan fingerprint density at radius 1 is 1.25 bits per heavy atom. The number of rotatable bonds is 4. The predicted molar refractivity (Wildman–Crippen MR) is 82.0 cm³/mol. The first kappa shape index (κ1) is 14.1. The van der Waals surface area contributed by atoms with Crippen LogP contribution in [0, 0.1) is 0 Å². The van der Waals surface area contributed by atoms with Gasteiger partial charge in [0.1, 0.15) is 0 Å². The van der Waals surface area contributed by atoms with Crippen molar-refractivity contribution in [3.8, 4) is 0 Å². The second-order valence-corrected chi connectivity index (χ2v) is 5.93. The summed E-state index contributed by atoms with van der Waals surface area (Å²) in [4.78, 5) is 2.66. The van der Waals surface area contributed by atoms with Crippen molar-refractivity contribution in [2.75, 3.05) is 26.7 Å². The first-order valence-corrected chi connectivity index (χ1v) is 7.94. The van der Waals surface area contributed by atoms with E-state index in [9.17, 15) is 0 Å². The summed E-state index contributed by atoms with van der Waals surface area (Å²) in [5.74, 6) is 0. The molecule has 2 atom stereocenters. The van der Waals surface area contributed by atoms with E-state index >= 15 is 0 Å². The number of nitrogens with one attached hydrogen (secondary N) is 1. The lowest BCUT2D eigenvalue weighted by molar-refractivity contribution is 0.00110. The first-order valence-electron chi connectivity index (χ1n) is 7.94. The van der Waals surface area contributed by atoms with Crippen molar-refractivity contribution in [1.82, 2.24) is 10.2 Å². The van der Waals surface area contributed by atoms with E-state index in [0.717, 1.165) is 6.61 Å². The van der Waals surface area contributed by atoms with Crippen molar-refractivity contribution >= 4 is 0 Å². The number of ether oxygens (including phenoxy) is 1. The Morgan fingerprint density at radius 3 is 2.70 bits per heavy atom. The average Bonchev–Trinajstić information content (AvgIpc) is 2.87. The quantitative estimate of drug-likeness (QED) is 0.912. The molecule has 1 heterocycles. The topological polar surface area (TPSA) is 24.5 Å². The van der Waals surface area contributed by atoms with Crippen LogP contribution >= 0.6 is 0 Å². The van der Waals surface area contributed by atoms with Gasteiger partial charge in [0.05, 0.1) is 6.10 Å². The van der Waals surface area contributed by atoms with Gasteiger partial charge in [-0.05, 0) is 44.4 Å². The summed E-state index contributed by atoms with van der Waals surface area (Å²) < 4.78 is 5.77. The van der Waals surface area contributed by atoms with E-state index < -0.39 is 0 Å². The molecule has 2 aliphatic rings. The monoisotopic (exact) mass is 274 g/mol. The lowest BCUT2D eigenvalue weighted by atomic mass is 10.0. The molecule has 110 valence electrons. The van der Waals surface area contributed by atoms with Crippen molar-refractivity contribution in [2.45, 2.75) is 44.4 Å². The van der Waals surface area contributed by atoms with Crippen LogP contribution in [0.25, 0.3) is 0 Å². The summed E-state index contributed by atoms with van der Waals surface area (Å²) in [5, 5.41) is 3.53. The maximum absolute atomic E-state index is 5.77. The number of likely N-dealkylation sites (N-methyl/N-ethyl adjacent to an activating group) is 1. The van der Waals surface area contributed by atoms with E-state index in [4.69, 9.17) is 4.74 Å². The number of piperidine rings is 1. The molecule has 3 nitrogen and oxygen atoms in total. The van der Waals surface area contributed by atoms with Crippen molar-refractivity contribution in [1.29, 1.82) is 0 Å². The molecule has 3 heteroatoms. The van der Waals surface area contributed by atoms with Crippen LogP contribution < -0.4 is 5.32 Å². The van der Waals surface area contributed by atoms with Gasteiger partial charge in [-0.2, -0.15) is 0 Å². The van der Waals surface area contributed by atoms with Gasteiger partial charge in [-0.15, -0.1) is 0 Å². The highest BCUT2D eigenvalue weighted by atomic mass is 16.5. The largest absolute Gasteiger partial charge is 0.378 e. The summed E-state index contributed by atoms with van der Waals surface area (Å²) in [7, 11) is 2.09. The van der Waals surface area contributed by atoms with E-state index in [1.165, 1.54) is 43.5 Å². The van der Waals surface area contributed by atoms with E-state index in [1.807, 2.05) is 0 Å². The van der Waals surface area contributed by atoms with Crippen LogP contribution in [-0.4, -0.2) is 43.8 Å². The number of likely N-dealkylation sites (tertiary alicyclic amines) is 1. The SMILES string of the molecule is CCOC1CCN(C2Cc3ccccc3C2NC)CC1. The summed E-state index contributed by atoms with van der Waals surface area (Å²) in [5.41, 5.74) is 3.01. The lowest BCUT2D eigenvalue weighted by Crippen LogP contribution is -2.47. The normalized spacial score (nSPS) is 27.7. The molecule has 0 aromatic heterocycles. The Balaban J connectivity index is 1.67. The third-order valence-corrected chi connectivity index (χ3v) is 4.86. The van der Waals surface area contributed by atoms with Crippen LogP contribution in [0.4, 0.5) is 0 Å². The minimum Gasteiger partial charge on any atom is -0.378 e. The maximum atomic E-state index is 5.77. The summed E-state index contributed by atoms with van der Waals surface area (Å²) in [6.45, 7) is 5.28. The molecule has 1 saturated heterocycles. The fraction of sp³-hybridized carbons (Fsp3) is 0.647. The molecule has 1 aliphatic heterocycles. The van der Waals surface area contributed by atoms with Gasteiger partial charge in [0.2, 0.25) is 0 Å². The summed E-state index contributed by atoms with van der Waals surface area (Å²) in [6.07, 6.45) is 4.02. The van der Waals surface area contributed by atoms with Gasteiger partial charge in [0.25, 0.3) is 0 Å². The van der Waals surface area contributed by atoms with Crippen molar-refractivity contribution in [3.05, 3.63) is 35.4 Å². The number of benzene rings is 1. The highest BCUT2D eigenvalue weighted by molar-refractivity contribution is 5.37. The Morgan fingerprint density at radius 2 is 2.00 bits per heavy atom. The van der Waals surface area contributed by atoms with Crippen molar-refractivity contribution in [2.24, 2.45) is 0 Å². The van der Waals surface area contributed by atoms with Crippen LogP contribution in [0.15, 0.2) is 24.3 Å². The van der Waals surface area contributed by atoms with E-state index in [2.05, 4.69) is 48.5 Å². The molecule has 3 rings (SSSR count). The zero-order valence-corrected chi connectivity index (χ0v) is 12.6. The Labute approximate surface area is 122 Å². The minimum absolute atomic E-state index is 0.480. The average molecular weight is 274 g/mol. The third kappa shape index (κ3) is 2.62. The van der Waals surface area contributed by atoms with Crippen LogP contribution in [0.1, 0.15) is 36.9 Å². The molecular formula is C17H26N2O. The smallest absolute Gasteiger partial charge is 0.0599 e. The molecule has 1 fully saturated rings. The van der Waals surface area contributed by atoms with Crippen LogP contribution in [0.2, 0.25) is 0 Å². The molecular weight excluding hydrogens is 248 g/mol. The maximum Gasteiger partial charge on any atom is 0.0599 e. The van der Waals surface area contributed by atoms with E-state index in [1.54, 1.807) is 0 Å². The zero-order valence-electron chi connectivity index (χ0n) is 12.6. The Kier molecular flexibility index (Phi) is 4.39. The van der Waals surface area contributed by atoms with Crippen molar-refractivity contribution < 1.29 is 4.74 Å². The van der Waals surface area contributed by atoms with Gasteiger partial charge in [-0.3, -0.25) is 4.90 Å². The van der Waals surface area contributed by atoms with Crippen LogP contribution in [0.5, 0.6) is 0 Å². The molecule has 20 heavy (non-hydrogen) atoms. The van der Waals surface area contributed by atoms with Gasteiger partial charge < -0.3 is 10.1 Å². The van der Waals surface area contributed by atoms with Gasteiger partial charge in [-0.25, -0.2) is 0 Å². The molecule has 2 unspecified atom stereocenters. The van der Waals surface area contributed by atoms with Gasteiger partial charge in [0, 0.05) is 31.8 Å². The Hall–Kier alpha value is -0.900. The molecule has 0 bridgehead atoms. The molecule has 1 aliphatic carbocycles. The van der Waals surface area contributed by atoms with E-state index in [-0.39, 0.29) is 0 Å². The highest BCUT2D eigenvalue weighted by Crippen LogP contribution is 2.35. The Bertz CT molecular complexity index is 440. The molecule has 0 spiro atoms.